The lowest BCUT2D eigenvalue weighted by atomic mass is 9.87. The molecule has 2 N–H and O–H groups in total. The molecular weight excluding hydrogens is 392 g/mol. The van der Waals surface area contributed by atoms with Crippen molar-refractivity contribution in [2.24, 2.45) is 0 Å². The molecule has 1 aliphatic carbocycles. The minimum absolute atomic E-state index is 0.0839. The first-order valence-electron chi connectivity index (χ1n) is 10.8. The average Bonchev–Trinajstić information content (AvgIpc) is 3.04. The summed E-state index contributed by atoms with van der Waals surface area (Å²) in [5.41, 5.74) is 4.61. The van der Waals surface area contributed by atoms with Gasteiger partial charge in [-0.3, -0.25) is 19.9 Å². The summed E-state index contributed by atoms with van der Waals surface area (Å²) in [4.78, 5) is 40.5. The van der Waals surface area contributed by atoms with Crippen LogP contribution in [-0.2, 0) is 21.5 Å². The quantitative estimate of drug-likeness (QED) is 0.704. The zero-order chi connectivity index (χ0) is 22.0. The first-order chi connectivity index (χ1) is 15.0. The molecule has 0 aromatic heterocycles. The van der Waals surface area contributed by atoms with Crippen molar-refractivity contribution in [1.29, 1.82) is 0 Å². The molecule has 0 saturated carbocycles. The van der Waals surface area contributed by atoms with Crippen LogP contribution in [0.5, 0.6) is 0 Å². The van der Waals surface area contributed by atoms with Crippen LogP contribution in [0, 0.1) is 0 Å². The third-order valence-corrected chi connectivity index (χ3v) is 6.39. The Morgan fingerprint density at radius 3 is 2.61 bits per heavy atom. The Hall–Kier alpha value is -3.19. The van der Waals surface area contributed by atoms with Crippen LogP contribution in [0.15, 0.2) is 54.6 Å². The van der Waals surface area contributed by atoms with E-state index in [2.05, 4.69) is 22.9 Å². The maximum Gasteiger partial charge on any atom is 0.344 e. The smallest absolute Gasteiger partial charge is 0.318 e. The van der Waals surface area contributed by atoms with Gasteiger partial charge in [0.1, 0.15) is 5.54 Å². The van der Waals surface area contributed by atoms with Gasteiger partial charge in [0.2, 0.25) is 0 Å². The summed E-state index contributed by atoms with van der Waals surface area (Å²) in [7, 11) is 1.90. The van der Waals surface area contributed by atoms with Crippen LogP contribution < -0.4 is 10.7 Å². The molecule has 162 valence electrons. The Morgan fingerprint density at radius 2 is 1.87 bits per heavy atom. The fourth-order valence-corrected chi connectivity index (χ4v) is 4.72. The summed E-state index contributed by atoms with van der Waals surface area (Å²) in [6.45, 7) is 1.92. The van der Waals surface area contributed by atoms with Crippen LogP contribution in [0.2, 0.25) is 0 Å². The summed E-state index contributed by atoms with van der Waals surface area (Å²) < 4.78 is 0. The number of hydrogen-bond donors (Lipinski definition) is 2. The minimum Gasteiger partial charge on any atom is -0.318 e. The van der Waals surface area contributed by atoms with E-state index in [1.165, 1.54) is 11.1 Å². The number of likely N-dealkylation sites (N-methyl/N-ethyl adjacent to an activating group) is 1. The number of carbonyl (C=O) groups excluding carboxylic acids is 3. The van der Waals surface area contributed by atoms with Crippen LogP contribution in [0.25, 0.3) is 0 Å². The molecule has 2 unspecified atom stereocenters. The van der Waals surface area contributed by atoms with E-state index in [0.29, 0.717) is 12.0 Å². The molecule has 0 radical (unpaired) electrons. The zero-order valence-electron chi connectivity index (χ0n) is 17.9. The Bertz CT molecular complexity index is 993. The highest BCUT2D eigenvalue weighted by molar-refractivity contribution is 6.08. The summed E-state index contributed by atoms with van der Waals surface area (Å²) in [5, 5.41) is 3.60. The van der Waals surface area contributed by atoms with Crippen molar-refractivity contribution in [3.63, 3.8) is 0 Å². The molecule has 7 nitrogen and oxygen atoms in total. The standard InChI is InChI=1S/C24H28N4O3/c1-3-24(18-12-5-4-6-13-18)22(30)28(23(31)25-24)26-21(29)16-27(2)20-15-9-11-17-10-7-8-14-19(17)20/h4-8,10,12-14,20H,3,9,11,15-16H2,1-2H3,(H,25,31)(H,26,29). The topological polar surface area (TPSA) is 81.8 Å². The molecule has 0 spiro atoms. The first kappa shape index (κ1) is 21.1. The van der Waals surface area contributed by atoms with E-state index >= 15 is 0 Å². The van der Waals surface area contributed by atoms with Gasteiger partial charge in [0, 0.05) is 6.04 Å². The fourth-order valence-electron chi connectivity index (χ4n) is 4.72. The SMILES string of the molecule is CCC1(c2ccccc2)NC(=O)N(NC(=O)CN(C)C2CCCc3ccccc32)C1=O. The number of aryl methyl sites for hydroxylation is 1. The molecule has 7 heteroatoms. The normalized spacial score (nSPS) is 22.9. The molecule has 1 heterocycles. The summed E-state index contributed by atoms with van der Waals surface area (Å²) >= 11 is 0. The van der Waals surface area contributed by atoms with Gasteiger partial charge in [0.05, 0.1) is 6.54 Å². The van der Waals surface area contributed by atoms with Crippen LogP contribution in [-0.4, -0.2) is 41.3 Å². The second-order valence-corrected chi connectivity index (χ2v) is 8.25. The van der Waals surface area contributed by atoms with Gasteiger partial charge in [-0.2, -0.15) is 5.01 Å². The van der Waals surface area contributed by atoms with Gasteiger partial charge >= 0.3 is 6.03 Å². The van der Waals surface area contributed by atoms with Crippen molar-refractivity contribution < 1.29 is 14.4 Å². The highest BCUT2D eigenvalue weighted by Gasteiger charge is 2.52. The molecule has 1 fully saturated rings. The van der Waals surface area contributed by atoms with Crippen LogP contribution in [0.4, 0.5) is 4.79 Å². The molecule has 4 amide bonds. The second kappa shape index (κ2) is 8.51. The van der Waals surface area contributed by atoms with Gasteiger partial charge in [0.15, 0.2) is 0 Å². The maximum absolute atomic E-state index is 13.2. The number of nitrogens with zero attached hydrogens (tertiary/aromatic N) is 2. The van der Waals surface area contributed by atoms with Gasteiger partial charge in [0.25, 0.3) is 11.8 Å². The van der Waals surface area contributed by atoms with E-state index < -0.39 is 23.4 Å². The summed E-state index contributed by atoms with van der Waals surface area (Å²) in [5.74, 6) is -0.862. The summed E-state index contributed by atoms with van der Waals surface area (Å²) in [6, 6.07) is 16.9. The number of carbonyl (C=O) groups is 3. The molecule has 2 aromatic rings. The van der Waals surface area contributed by atoms with Gasteiger partial charge in [-0.15, -0.1) is 0 Å². The number of hydrogen-bond acceptors (Lipinski definition) is 4. The van der Waals surface area contributed by atoms with Crippen molar-refractivity contribution in [2.75, 3.05) is 13.6 Å². The van der Waals surface area contributed by atoms with Crippen molar-refractivity contribution in [3.8, 4) is 0 Å². The maximum atomic E-state index is 13.2. The van der Waals surface area contributed by atoms with Crippen molar-refractivity contribution in [3.05, 3.63) is 71.3 Å². The monoisotopic (exact) mass is 420 g/mol. The molecular formula is C24H28N4O3. The van der Waals surface area contributed by atoms with Crippen molar-refractivity contribution >= 4 is 17.8 Å². The highest BCUT2D eigenvalue weighted by atomic mass is 16.2. The number of fused-ring (bicyclic) bond motifs is 1. The van der Waals surface area contributed by atoms with Crippen LogP contribution >= 0.6 is 0 Å². The van der Waals surface area contributed by atoms with Gasteiger partial charge in [-0.05, 0) is 49.4 Å². The van der Waals surface area contributed by atoms with Crippen LogP contribution in [0.3, 0.4) is 0 Å². The molecule has 1 saturated heterocycles. The van der Waals surface area contributed by atoms with E-state index in [-0.39, 0.29) is 12.6 Å². The Balaban J connectivity index is 1.46. The van der Waals surface area contributed by atoms with E-state index in [0.717, 1.165) is 24.3 Å². The number of amides is 4. The molecule has 1 aliphatic heterocycles. The fraction of sp³-hybridized carbons (Fsp3) is 0.375. The second-order valence-electron chi connectivity index (χ2n) is 8.25. The molecule has 2 aliphatic rings. The molecule has 2 atom stereocenters. The third-order valence-electron chi connectivity index (χ3n) is 6.39. The predicted octanol–water partition coefficient (Wildman–Crippen LogP) is 2.88. The number of benzene rings is 2. The van der Waals surface area contributed by atoms with Gasteiger partial charge < -0.3 is 5.32 Å². The number of rotatable bonds is 6. The van der Waals surface area contributed by atoms with E-state index in [1.807, 2.05) is 49.2 Å². The van der Waals surface area contributed by atoms with Crippen molar-refractivity contribution in [1.82, 2.24) is 20.7 Å². The molecule has 4 rings (SSSR count). The summed E-state index contributed by atoms with van der Waals surface area (Å²) in [6.07, 6.45) is 3.47. The molecule has 2 aromatic carbocycles. The first-order valence-corrected chi connectivity index (χ1v) is 10.8. The van der Waals surface area contributed by atoms with Crippen LogP contribution in [0.1, 0.15) is 48.9 Å². The Kier molecular flexibility index (Phi) is 5.78. The lowest BCUT2D eigenvalue weighted by Gasteiger charge is -2.33. The largest absolute Gasteiger partial charge is 0.344 e. The lowest BCUT2D eigenvalue weighted by molar-refractivity contribution is -0.140. The van der Waals surface area contributed by atoms with Gasteiger partial charge in [-0.1, -0.05) is 61.5 Å². The zero-order valence-corrected chi connectivity index (χ0v) is 17.9. The van der Waals surface area contributed by atoms with E-state index in [1.54, 1.807) is 12.1 Å². The Morgan fingerprint density at radius 1 is 1.16 bits per heavy atom. The molecule has 0 bridgehead atoms. The number of imide groups is 1. The minimum atomic E-state index is -1.17. The van der Waals surface area contributed by atoms with Crippen molar-refractivity contribution in [2.45, 2.75) is 44.2 Å². The highest BCUT2D eigenvalue weighted by Crippen LogP contribution is 2.34. The number of nitrogens with one attached hydrogen (secondary N) is 2. The average molecular weight is 421 g/mol. The number of hydrazine groups is 1. The van der Waals surface area contributed by atoms with E-state index in [9.17, 15) is 14.4 Å². The predicted molar refractivity (Wildman–Crippen MR) is 117 cm³/mol. The molecule has 31 heavy (non-hydrogen) atoms. The Labute approximate surface area is 182 Å². The van der Waals surface area contributed by atoms with E-state index in [4.69, 9.17) is 0 Å². The number of urea groups is 1. The lowest BCUT2D eigenvalue weighted by Crippen LogP contribution is -2.51. The van der Waals surface area contributed by atoms with Gasteiger partial charge in [-0.25, -0.2) is 4.79 Å². The third kappa shape index (κ3) is 3.81.